The van der Waals surface area contributed by atoms with Crippen molar-refractivity contribution in [3.63, 3.8) is 0 Å². The molecule has 0 saturated carbocycles. The molecule has 0 radical (unpaired) electrons. The quantitative estimate of drug-likeness (QED) is 0.122. The molecule has 0 N–H and O–H groups in total. The van der Waals surface area contributed by atoms with Gasteiger partial charge in [-0.25, -0.2) is 0 Å². The number of aliphatic imine (C=N–C) groups is 2. The van der Waals surface area contributed by atoms with E-state index in [1.807, 2.05) is 14.1 Å². The molecular weight excluding hydrogens is 496 g/mol. The predicted molar refractivity (Wildman–Crippen MR) is 188 cm³/mol. The maximum atomic E-state index is 4.82. The number of hydrogen-bond acceptors (Lipinski definition) is 2. The van der Waals surface area contributed by atoms with Crippen LogP contribution in [0.5, 0.6) is 0 Å². The molecule has 1 aliphatic rings. The van der Waals surface area contributed by atoms with Gasteiger partial charge in [0.1, 0.15) is 0 Å². The number of unbranched alkanes of at least 4 members (excludes halogenated alkanes) is 5. The average Bonchev–Trinajstić information content (AvgIpc) is 2.91. The van der Waals surface area contributed by atoms with Gasteiger partial charge in [-0.1, -0.05) is 123 Å². The summed E-state index contributed by atoms with van der Waals surface area (Å²) in [5.74, 6) is 0. The third kappa shape index (κ3) is 11.2. The smallest absolute Gasteiger partial charge is 0.0903 e. The van der Waals surface area contributed by atoms with Crippen LogP contribution < -0.4 is 0 Å². The van der Waals surface area contributed by atoms with Gasteiger partial charge < -0.3 is 0 Å². The van der Waals surface area contributed by atoms with Crippen LogP contribution in [0.2, 0.25) is 0 Å². The fourth-order valence-electron chi connectivity index (χ4n) is 5.35. The lowest BCUT2D eigenvalue weighted by Gasteiger charge is -2.25. The van der Waals surface area contributed by atoms with E-state index in [0.29, 0.717) is 0 Å². The Labute approximate surface area is 255 Å². The summed E-state index contributed by atoms with van der Waals surface area (Å²) < 4.78 is 0. The fourth-order valence-corrected chi connectivity index (χ4v) is 5.35. The summed E-state index contributed by atoms with van der Waals surface area (Å²) in [6.45, 7) is 27.6. The van der Waals surface area contributed by atoms with E-state index in [0.717, 1.165) is 24.3 Å². The minimum absolute atomic E-state index is 0.151. The zero-order chi connectivity index (χ0) is 31.4. The minimum Gasteiger partial charge on any atom is -0.286 e. The van der Waals surface area contributed by atoms with Crippen LogP contribution in [0.3, 0.4) is 0 Å². The molecule has 0 aromatic rings. The summed E-state index contributed by atoms with van der Waals surface area (Å²) in [5.41, 5.74) is 13.1. The Balaban J connectivity index is 3.65. The molecule has 0 fully saturated rings. The van der Waals surface area contributed by atoms with E-state index in [1.165, 1.54) is 89.5 Å². The normalized spacial score (nSPS) is 18.9. The average molecular weight is 561 g/mol. The van der Waals surface area contributed by atoms with E-state index in [2.05, 4.69) is 107 Å². The molecule has 230 valence electrons. The predicted octanol–water partition coefficient (Wildman–Crippen LogP) is 12.2. The van der Waals surface area contributed by atoms with Crippen LogP contribution in [0, 0.1) is 10.8 Å². The zero-order valence-corrected chi connectivity index (χ0v) is 29.6. The molecule has 0 heterocycles. The minimum atomic E-state index is 0.151. The molecule has 0 atom stereocenters. The molecule has 1 rings (SSSR count). The van der Waals surface area contributed by atoms with Crippen molar-refractivity contribution in [1.82, 2.24) is 0 Å². The van der Waals surface area contributed by atoms with E-state index in [9.17, 15) is 0 Å². The molecule has 2 heteroatoms. The van der Waals surface area contributed by atoms with E-state index < -0.39 is 0 Å². The second-order valence-corrected chi connectivity index (χ2v) is 14.0. The second kappa shape index (κ2) is 17.0. The van der Waals surface area contributed by atoms with Crippen LogP contribution in [0.1, 0.15) is 141 Å². The molecule has 0 spiro atoms. The molecule has 1 aliphatic carbocycles. The van der Waals surface area contributed by atoms with Crippen molar-refractivity contribution < 1.29 is 0 Å². The lowest BCUT2D eigenvalue weighted by molar-refractivity contribution is 0.495. The number of hydrogen-bond donors (Lipinski definition) is 0. The van der Waals surface area contributed by atoms with Crippen molar-refractivity contribution in [2.75, 3.05) is 14.1 Å². The van der Waals surface area contributed by atoms with Crippen molar-refractivity contribution in [2.24, 2.45) is 20.8 Å². The first-order valence-electron chi connectivity index (χ1n) is 16.3. The van der Waals surface area contributed by atoms with Crippen LogP contribution in [-0.4, -0.2) is 25.5 Å². The van der Waals surface area contributed by atoms with Gasteiger partial charge in [0.15, 0.2) is 0 Å². The molecule has 41 heavy (non-hydrogen) atoms. The summed E-state index contributed by atoms with van der Waals surface area (Å²) >= 11 is 0. The first kappa shape index (κ1) is 36.8. The lowest BCUT2D eigenvalue weighted by Crippen LogP contribution is -2.23. The van der Waals surface area contributed by atoms with Crippen LogP contribution in [0.15, 0.2) is 78.9 Å². The molecule has 0 aromatic carbocycles. The van der Waals surface area contributed by atoms with E-state index in [1.54, 1.807) is 0 Å². The Morgan fingerprint density at radius 3 is 1.24 bits per heavy atom. The number of nitrogens with zero attached hydrogens (tertiary/aromatic N) is 2. The Bertz CT molecular complexity index is 1120. The molecular formula is C39H64N2. The third-order valence-corrected chi connectivity index (χ3v) is 8.79. The highest BCUT2D eigenvalue weighted by Crippen LogP contribution is 2.34. The van der Waals surface area contributed by atoms with Crippen LogP contribution >= 0.6 is 0 Å². The van der Waals surface area contributed by atoms with Gasteiger partial charge >= 0.3 is 0 Å². The molecule has 0 bridgehead atoms. The maximum Gasteiger partial charge on any atom is 0.0903 e. The van der Waals surface area contributed by atoms with Gasteiger partial charge in [0.2, 0.25) is 0 Å². The van der Waals surface area contributed by atoms with Gasteiger partial charge in [-0.05, 0) is 86.5 Å². The van der Waals surface area contributed by atoms with Gasteiger partial charge in [0.25, 0.3) is 0 Å². The summed E-state index contributed by atoms with van der Waals surface area (Å²) in [6, 6.07) is 0. The largest absolute Gasteiger partial charge is 0.286 e. The van der Waals surface area contributed by atoms with Crippen LogP contribution in [0.4, 0.5) is 0 Å². The van der Waals surface area contributed by atoms with Crippen LogP contribution in [0.25, 0.3) is 0 Å². The van der Waals surface area contributed by atoms with Crippen molar-refractivity contribution >= 4 is 11.4 Å². The summed E-state index contributed by atoms with van der Waals surface area (Å²) in [4.78, 5) is 9.63. The first-order valence-corrected chi connectivity index (χ1v) is 16.3. The third-order valence-electron chi connectivity index (χ3n) is 8.79. The second-order valence-electron chi connectivity index (χ2n) is 14.0. The van der Waals surface area contributed by atoms with Gasteiger partial charge in [-0.15, -0.1) is 0 Å². The Morgan fingerprint density at radius 1 is 0.585 bits per heavy atom. The summed E-state index contributed by atoms with van der Waals surface area (Å²) in [6.07, 6.45) is 20.5. The maximum absolute atomic E-state index is 4.82. The van der Waals surface area contributed by atoms with Crippen molar-refractivity contribution in [2.45, 2.75) is 141 Å². The summed E-state index contributed by atoms with van der Waals surface area (Å²) in [7, 11) is 3.82. The number of allylic oxidation sites excluding steroid dienone is 12. The molecule has 0 saturated heterocycles. The Morgan fingerprint density at radius 2 is 0.927 bits per heavy atom. The fraction of sp³-hybridized carbons (Fsp3) is 0.641. The standard InChI is InChI=1S/C39H64N2/c1-15-17-19-21-23-33(31(6)39(10,11)12)27-29(4)35-25-24-34(36(40-13)37(35)41-14)28(3)26-32(22-20-18-16-2)30(5)38(7,8)9/h24-27H,15-23H2,1-14H3/b28-26+,29-27+,32-30+,33-31+,40-36?,41-37?. The zero-order valence-electron chi connectivity index (χ0n) is 29.6. The summed E-state index contributed by atoms with van der Waals surface area (Å²) in [5, 5.41) is 0. The van der Waals surface area contributed by atoms with Crippen molar-refractivity contribution in [3.8, 4) is 0 Å². The number of rotatable bonds is 13. The molecule has 0 unspecified atom stereocenters. The molecule has 2 nitrogen and oxygen atoms in total. The van der Waals surface area contributed by atoms with E-state index in [4.69, 9.17) is 9.98 Å². The first-order chi connectivity index (χ1) is 19.1. The highest BCUT2D eigenvalue weighted by Gasteiger charge is 2.24. The SMILES string of the molecule is CCCCCCC(/C=C(\C)C1=CC=C(/C(C)=C/C(CCCCC)=C(\C)C(C)(C)C)C(=NC)C1=NC)=C(/C)C(C)(C)C. The monoisotopic (exact) mass is 561 g/mol. The van der Waals surface area contributed by atoms with Gasteiger partial charge in [-0.3, -0.25) is 9.98 Å². The van der Waals surface area contributed by atoms with Crippen molar-refractivity contribution in [1.29, 1.82) is 0 Å². The van der Waals surface area contributed by atoms with Gasteiger partial charge in [-0.2, -0.15) is 0 Å². The van der Waals surface area contributed by atoms with Crippen LogP contribution in [-0.2, 0) is 0 Å². The Kier molecular flexibility index (Phi) is 15.3. The Hall–Kier alpha value is -2.22. The lowest BCUT2D eigenvalue weighted by atomic mass is 9.80. The highest BCUT2D eigenvalue weighted by atomic mass is 14.8. The van der Waals surface area contributed by atoms with E-state index >= 15 is 0 Å². The van der Waals surface area contributed by atoms with E-state index in [-0.39, 0.29) is 10.8 Å². The van der Waals surface area contributed by atoms with Crippen molar-refractivity contribution in [3.05, 3.63) is 68.9 Å². The molecule has 0 aliphatic heterocycles. The van der Waals surface area contributed by atoms with Gasteiger partial charge in [0.05, 0.1) is 11.4 Å². The molecule has 0 aromatic heterocycles. The topological polar surface area (TPSA) is 24.7 Å². The van der Waals surface area contributed by atoms with Gasteiger partial charge in [0, 0.05) is 25.2 Å². The molecule has 0 amide bonds. The highest BCUT2D eigenvalue weighted by molar-refractivity contribution is 6.56.